The Hall–Kier alpha value is -0.670. The Morgan fingerprint density at radius 2 is 1.92 bits per heavy atom. The van der Waals surface area contributed by atoms with Crippen molar-refractivity contribution < 1.29 is 0 Å². The van der Waals surface area contributed by atoms with Crippen molar-refractivity contribution in [3.63, 3.8) is 0 Å². The molecule has 0 unspecified atom stereocenters. The predicted octanol–water partition coefficient (Wildman–Crippen LogP) is 1.63. The van der Waals surface area contributed by atoms with E-state index in [4.69, 9.17) is 0 Å². The topological polar surface area (TPSA) is 24.1 Å². The van der Waals surface area contributed by atoms with Crippen LogP contribution < -0.4 is 10.0 Å². The molecule has 0 saturated heterocycles. The van der Waals surface area contributed by atoms with Crippen molar-refractivity contribution in [2.75, 3.05) is 17.8 Å². The van der Waals surface area contributed by atoms with E-state index < -0.39 is 0 Å². The van der Waals surface area contributed by atoms with Crippen LogP contribution >= 0.6 is 12.8 Å². The second kappa shape index (κ2) is 4.03. The third-order valence-corrected chi connectivity index (χ3v) is 2.74. The number of anilines is 1. The Morgan fingerprint density at radius 1 is 1.15 bits per heavy atom. The second-order valence-electron chi connectivity index (χ2n) is 3.35. The predicted molar refractivity (Wildman–Crippen MR) is 59.3 cm³/mol. The molecule has 0 bridgehead atoms. The van der Waals surface area contributed by atoms with Gasteiger partial charge in [0.25, 0.3) is 0 Å². The van der Waals surface area contributed by atoms with E-state index in [2.05, 4.69) is 41.1 Å². The van der Waals surface area contributed by atoms with E-state index in [0.29, 0.717) is 0 Å². The summed E-state index contributed by atoms with van der Waals surface area (Å²) in [6.07, 6.45) is 2.26. The zero-order valence-corrected chi connectivity index (χ0v) is 8.40. The van der Waals surface area contributed by atoms with Crippen LogP contribution in [0.15, 0.2) is 18.2 Å². The molecule has 1 aromatic carbocycles. The van der Waals surface area contributed by atoms with Crippen molar-refractivity contribution in [3.8, 4) is 0 Å². The standard InChI is InChI=1S/C10H14N2S/c13-12-10-2-1-8-3-5-11-6-4-9(8)7-10/h1-2,7,11-13H,3-6H2. The van der Waals surface area contributed by atoms with Gasteiger partial charge in [-0.25, -0.2) is 0 Å². The molecule has 2 rings (SSSR count). The number of hydrogen-bond donors (Lipinski definition) is 3. The molecule has 0 amide bonds. The van der Waals surface area contributed by atoms with Gasteiger partial charge in [0, 0.05) is 5.69 Å². The van der Waals surface area contributed by atoms with Gasteiger partial charge < -0.3 is 10.0 Å². The molecule has 13 heavy (non-hydrogen) atoms. The number of hydrogen-bond acceptors (Lipinski definition) is 3. The van der Waals surface area contributed by atoms with Crippen molar-refractivity contribution in [3.05, 3.63) is 29.3 Å². The minimum atomic E-state index is 1.09. The van der Waals surface area contributed by atoms with Crippen LogP contribution in [0, 0.1) is 0 Å². The van der Waals surface area contributed by atoms with Gasteiger partial charge in [0.2, 0.25) is 0 Å². The van der Waals surface area contributed by atoms with Crippen LogP contribution in [0.25, 0.3) is 0 Å². The molecular formula is C10H14N2S. The van der Waals surface area contributed by atoms with E-state index in [1.165, 1.54) is 11.1 Å². The lowest BCUT2D eigenvalue weighted by molar-refractivity contribution is 0.711. The molecular weight excluding hydrogens is 180 g/mol. The molecule has 2 nitrogen and oxygen atoms in total. The highest BCUT2D eigenvalue weighted by Gasteiger charge is 2.06. The summed E-state index contributed by atoms with van der Waals surface area (Å²) in [5, 5.41) is 3.39. The van der Waals surface area contributed by atoms with Crippen LogP contribution in [0.1, 0.15) is 11.1 Å². The summed E-state index contributed by atoms with van der Waals surface area (Å²) in [4.78, 5) is 0. The Bertz CT molecular complexity index is 299. The summed E-state index contributed by atoms with van der Waals surface area (Å²) >= 11 is 4.04. The van der Waals surface area contributed by atoms with E-state index >= 15 is 0 Å². The van der Waals surface area contributed by atoms with Crippen molar-refractivity contribution in [1.82, 2.24) is 5.32 Å². The average molecular weight is 194 g/mol. The van der Waals surface area contributed by atoms with Crippen LogP contribution in [0.3, 0.4) is 0 Å². The molecule has 1 aromatic rings. The first-order valence-electron chi connectivity index (χ1n) is 4.63. The van der Waals surface area contributed by atoms with E-state index in [-0.39, 0.29) is 0 Å². The fraction of sp³-hybridized carbons (Fsp3) is 0.400. The molecule has 0 saturated carbocycles. The maximum Gasteiger partial charge on any atom is 0.0440 e. The fourth-order valence-electron chi connectivity index (χ4n) is 1.74. The summed E-state index contributed by atoms with van der Waals surface area (Å²) in [5.41, 5.74) is 4.00. The van der Waals surface area contributed by atoms with Crippen LogP contribution in [0.4, 0.5) is 5.69 Å². The van der Waals surface area contributed by atoms with Gasteiger partial charge in [0.05, 0.1) is 0 Å². The van der Waals surface area contributed by atoms with Crippen LogP contribution in [-0.4, -0.2) is 13.1 Å². The van der Waals surface area contributed by atoms with Crippen molar-refractivity contribution >= 4 is 18.5 Å². The Kier molecular flexibility index (Phi) is 2.76. The SMILES string of the molecule is SNc1ccc2c(c1)CCNCC2. The average Bonchev–Trinajstić information content (AvgIpc) is 2.41. The molecule has 0 aromatic heterocycles. The molecule has 0 atom stereocenters. The van der Waals surface area contributed by atoms with E-state index in [0.717, 1.165) is 31.6 Å². The van der Waals surface area contributed by atoms with Crippen molar-refractivity contribution in [1.29, 1.82) is 0 Å². The summed E-state index contributed by atoms with van der Waals surface area (Å²) in [6.45, 7) is 2.18. The molecule has 0 spiro atoms. The smallest absolute Gasteiger partial charge is 0.0440 e. The highest BCUT2D eigenvalue weighted by Crippen LogP contribution is 2.18. The minimum absolute atomic E-state index is 1.09. The van der Waals surface area contributed by atoms with Gasteiger partial charge in [-0.2, -0.15) is 0 Å². The first-order chi connectivity index (χ1) is 6.40. The van der Waals surface area contributed by atoms with E-state index in [9.17, 15) is 0 Å². The Labute approximate surface area is 84.3 Å². The zero-order valence-electron chi connectivity index (χ0n) is 7.51. The quantitative estimate of drug-likeness (QED) is 0.592. The number of benzene rings is 1. The van der Waals surface area contributed by atoms with E-state index in [1.54, 1.807) is 0 Å². The zero-order chi connectivity index (χ0) is 9.10. The lowest BCUT2D eigenvalue weighted by Gasteiger charge is -2.06. The molecule has 1 aliphatic heterocycles. The Morgan fingerprint density at radius 3 is 2.69 bits per heavy atom. The first-order valence-corrected chi connectivity index (χ1v) is 5.07. The van der Waals surface area contributed by atoms with Crippen molar-refractivity contribution in [2.45, 2.75) is 12.8 Å². The number of nitrogens with one attached hydrogen (secondary N) is 2. The first kappa shape index (κ1) is 8.91. The summed E-state index contributed by atoms with van der Waals surface area (Å²) in [7, 11) is 0. The second-order valence-corrected chi connectivity index (χ2v) is 3.57. The molecule has 1 heterocycles. The van der Waals surface area contributed by atoms with Crippen molar-refractivity contribution in [2.24, 2.45) is 0 Å². The van der Waals surface area contributed by atoms with Gasteiger partial charge >= 0.3 is 0 Å². The normalized spacial score (nSPS) is 16.1. The monoisotopic (exact) mass is 194 g/mol. The van der Waals surface area contributed by atoms with Gasteiger partial charge in [0.15, 0.2) is 0 Å². The van der Waals surface area contributed by atoms with Gasteiger partial charge in [-0.1, -0.05) is 18.9 Å². The molecule has 0 radical (unpaired) electrons. The van der Waals surface area contributed by atoms with Crippen LogP contribution in [0.5, 0.6) is 0 Å². The van der Waals surface area contributed by atoms with Crippen LogP contribution in [-0.2, 0) is 12.8 Å². The fourth-order valence-corrected chi connectivity index (χ4v) is 1.88. The summed E-state index contributed by atoms with van der Waals surface area (Å²) < 4.78 is 2.87. The Balaban J connectivity index is 2.32. The van der Waals surface area contributed by atoms with Gasteiger partial charge in [-0.05, 0) is 49.2 Å². The third-order valence-electron chi connectivity index (χ3n) is 2.48. The molecule has 0 aliphatic carbocycles. The summed E-state index contributed by atoms with van der Waals surface area (Å²) in [5.74, 6) is 0. The maximum absolute atomic E-state index is 4.04. The maximum atomic E-state index is 4.04. The van der Waals surface area contributed by atoms with Crippen LogP contribution in [0.2, 0.25) is 0 Å². The van der Waals surface area contributed by atoms with Gasteiger partial charge in [-0.15, -0.1) is 0 Å². The molecule has 0 fully saturated rings. The number of fused-ring (bicyclic) bond motifs is 1. The largest absolute Gasteiger partial charge is 0.332 e. The van der Waals surface area contributed by atoms with E-state index in [1.807, 2.05) is 0 Å². The lowest BCUT2D eigenvalue weighted by atomic mass is 10.0. The molecule has 2 N–H and O–H groups in total. The molecule has 3 heteroatoms. The lowest BCUT2D eigenvalue weighted by Crippen LogP contribution is -2.16. The van der Waals surface area contributed by atoms with Gasteiger partial charge in [0.1, 0.15) is 0 Å². The molecule has 70 valence electrons. The summed E-state index contributed by atoms with van der Waals surface area (Å²) in [6, 6.07) is 6.47. The third kappa shape index (κ3) is 1.98. The minimum Gasteiger partial charge on any atom is -0.332 e. The number of thiol groups is 1. The highest BCUT2D eigenvalue weighted by molar-refractivity contribution is 7.81. The van der Waals surface area contributed by atoms with Gasteiger partial charge in [-0.3, -0.25) is 0 Å². The number of rotatable bonds is 1. The molecule has 1 aliphatic rings. The highest BCUT2D eigenvalue weighted by atomic mass is 32.1.